The maximum absolute atomic E-state index is 12.4. The summed E-state index contributed by atoms with van der Waals surface area (Å²) < 4.78 is 4.76. The number of carbonyl (C=O) groups is 2. The second kappa shape index (κ2) is 7.46. The van der Waals surface area contributed by atoms with E-state index in [2.05, 4.69) is 4.98 Å². The molecule has 136 valence electrons. The maximum Gasteiger partial charge on any atom is 0.348 e. The van der Waals surface area contributed by atoms with Crippen LogP contribution in [0.2, 0.25) is 0 Å². The SMILES string of the molecule is COC(=O)c1sc2ncc(C(=O)/C=C/c3ccc([N+](=O)[O-])cc3)cc2c1C. The molecule has 0 bridgehead atoms. The summed E-state index contributed by atoms with van der Waals surface area (Å²) in [6, 6.07) is 7.58. The Labute approximate surface area is 158 Å². The van der Waals surface area contributed by atoms with Gasteiger partial charge in [-0.3, -0.25) is 14.9 Å². The van der Waals surface area contributed by atoms with Gasteiger partial charge in [0.25, 0.3) is 5.69 Å². The molecule has 0 N–H and O–H groups in total. The molecular formula is C19H14N2O5S. The third kappa shape index (κ3) is 3.75. The summed E-state index contributed by atoms with van der Waals surface area (Å²) in [5.74, 6) is -0.686. The van der Waals surface area contributed by atoms with Gasteiger partial charge in [-0.05, 0) is 42.3 Å². The molecular weight excluding hydrogens is 368 g/mol. The summed E-state index contributed by atoms with van der Waals surface area (Å²) >= 11 is 1.22. The summed E-state index contributed by atoms with van der Waals surface area (Å²) in [5, 5.41) is 11.4. The molecule has 0 spiro atoms. The zero-order valence-electron chi connectivity index (χ0n) is 14.5. The van der Waals surface area contributed by atoms with Crippen LogP contribution in [0.3, 0.4) is 0 Å². The molecule has 0 amide bonds. The number of allylic oxidation sites excluding steroid dienone is 1. The average molecular weight is 382 g/mol. The van der Waals surface area contributed by atoms with E-state index in [9.17, 15) is 19.7 Å². The van der Waals surface area contributed by atoms with Gasteiger partial charge in [-0.15, -0.1) is 11.3 Å². The fourth-order valence-electron chi connectivity index (χ4n) is 2.50. The molecule has 8 heteroatoms. The largest absolute Gasteiger partial charge is 0.465 e. The Morgan fingerprint density at radius 3 is 2.59 bits per heavy atom. The van der Waals surface area contributed by atoms with Crippen molar-refractivity contribution in [1.82, 2.24) is 4.98 Å². The normalized spacial score (nSPS) is 11.0. The van der Waals surface area contributed by atoms with Crippen molar-refractivity contribution in [3.8, 4) is 0 Å². The molecule has 7 nitrogen and oxygen atoms in total. The zero-order chi connectivity index (χ0) is 19.6. The highest BCUT2D eigenvalue weighted by molar-refractivity contribution is 7.20. The molecule has 0 aliphatic rings. The van der Waals surface area contributed by atoms with Crippen LogP contribution in [0.4, 0.5) is 5.69 Å². The molecule has 0 saturated carbocycles. The first-order valence-corrected chi connectivity index (χ1v) is 8.66. The predicted octanol–water partition coefficient (Wildman–Crippen LogP) is 4.20. The number of non-ortho nitro benzene ring substituents is 1. The molecule has 0 radical (unpaired) electrons. The first kappa shape index (κ1) is 18.4. The number of hydrogen-bond donors (Lipinski definition) is 0. The monoisotopic (exact) mass is 382 g/mol. The smallest absolute Gasteiger partial charge is 0.348 e. The highest BCUT2D eigenvalue weighted by atomic mass is 32.1. The minimum absolute atomic E-state index is 0.0116. The Kier molecular flexibility index (Phi) is 5.09. The molecule has 0 atom stereocenters. The van der Waals surface area contributed by atoms with Crippen LogP contribution in [-0.2, 0) is 4.74 Å². The lowest BCUT2D eigenvalue weighted by Crippen LogP contribution is -1.99. The first-order chi connectivity index (χ1) is 12.9. The van der Waals surface area contributed by atoms with E-state index in [-0.39, 0.29) is 11.5 Å². The Balaban J connectivity index is 1.86. The van der Waals surface area contributed by atoms with E-state index in [0.29, 0.717) is 20.8 Å². The maximum atomic E-state index is 12.4. The van der Waals surface area contributed by atoms with Crippen LogP contribution >= 0.6 is 11.3 Å². The second-order valence-electron chi connectivity index (χ2n) is 5.67. The van der Waals surface area contributed by atoms with Gasteiger partial charge in [0.1, 0.15) is 9.71 Å². The van der Waals surface area contributed by atoms with E-state index in [1.807, 2.05) is 0 Å². The number of ether oxygens (including phenoxy) is 1. The van der Waals surface area contributed by atoms with Crippen molar-refractivity contribution in [3.63, 3.8) is 0 Å². The predicted molar refractivity (Wildman–Crippen MR) is 102 cm³/mol. The van der Waals surface area contributed by atoms with Gasteiger partial charge in [-0.25, -0.2) is 9.78 Å². The zero-order valence-corrected chi connectivity index (χ0v) is 15.3. The Morgan fingerprint density at radius 1 is 1.26 bits per heavy atom. The Bertz CT molecular complexity index is 1080. The number of benzene rings is 1. The van der Waals surface area contributed by atoms with Crippen LogP contribution in [-0.4, -0.2) is 28.8 Å². The molecule has 1 aromatic carbocycles. The van der Waals surface area contributed by atoms with E-state index in [1.54, 1.807) is 31.2 Å². The van der Waals surface area contributed by atoms with Crippen molar-refractivity contribution in [2.24, 2.45) is 0 Å². The molecule has 0 fully saturated rings. The minimum Gasteiger partial charge on any atom is -0.465 e. The molecule has 0 aliphatic carbocycles. The van der Waals surface area contributed by atoms with Crippen LogP contribution < -0.4 is 0 Å². The molecule has 2 aromatic heterocycles. The quantitative estimate of drug-likeness (QED) is 0.216. The third-order valence-corrected chi connectivity index (χ3v) is 5.18. The van der Waals surface area contributed by atoms with Gasteiger partial charge in [-0.1, -0.05) is 6.08 Å². The Morgan fingerprint density at radius 2 is 1.96 bits per heavy atom. The number of aryl methyl sites for hydroxylation is 1. The van der Waals surface area contributed by atoms with Gasteiger partial charge in [0.2, 0.25) is 0 Å². The third-order valence-electron chi connectivity index (χ3n) is 3.98. The van der Waals surface area contributed by atoms with E-state index >= 15 is 0 Å². The molecule has 3 aromatic rings. The number of nitro benzene ring substituents is 1. The number of esters is 1. The Hall–Kier alpha value is -3.39. The summed E-state index contributed by atoms with van der Waals surface area (Å²) in [7, 11) is 1.32. The van der Waals surface area contributed by atoms with Crippen LogP contribution in [0.25, 0.3) is 16.3 Å². The number of hydrogen-bond acceptors (Lipinski definition) is 7. The van der Waals surface area contributed by atoms with Gasteiger partial charge in [0.05, 0.1) is 12.0 Å². The summed E-state index contributed by atoms with van der Waals surface area (Å²) in [6.07, 6.45) is 4.42. The minimum atomic E-state index is -0.481. The van der Waals surface area contributed by atoms with E-state index < -0.39 is 10.9 Å². The first-order valence-electron chi connectivity index (χ1n) is 7.85. The highest BCUT2D eigenvalue weighted by Crippen LogP contribution is 2.30. The number of thiophene rings is 1. The summed E-state index contributed by atoms with van der Waals surface area (Å²) in [6.45, 7) is 1.79. The van der Waals surface area contributed by atoms with E-state index in [1.165, 1.54) is 42.9 Å². The fourth-order valence-corrected chi connectivity index (χ4v) is 3.55. The van der Waals surface area contributed by atoms with Crippen LogP contribution in [0.1, 0.15) is 31.2 Å². The molecule has 3 rings (SSSR count). The molecule has 2 heterocycles. The number of ketones is 1. The van der Waals surface area contributed by atoms with E-state index in [4.69, 9.17) is 4.74 Å². The molecule has 0 aliphatic heterocycles. The number of nitrogens with zero attached hydrogens (tertiary/aromatic N) is 2. The van der Waals surface area contributed by atoms with Crippen molar-refractivity contribution >= 4 is 45.1 Å². The molecule has 0 saturated heterocycles. The van der Waals surface area contributed by atoms with Gasteiger partial charge in [-0.2, -0.15) is 0 Å². The van der Waals surface area contributed by atoms with Gasteiger partial charge >= 0.3 is 5.97 Å². The summed E-state index contributed by atoms with van der Waals surface area (Å²) in [4.78, 5) is 39.8. The van der Waals surface area contributed by atoms with Gasteiger partial charge in [0.15, 0.2) is 5.78 Å². The topological polar surface area (TPSA) is 99.4 Å². The van der Waals surface area contributed by atoms with E-state index in [0.717, 1.165) is 10.9 Å². The van der Waals surface area contributed by atoms with Crippen molar-refractivity contribution in [2.75, 3.05) is 7.11 Å². The number of carbonyl (C=O) groups excluding carboxylic acids is 2. The number of nitro groups is 1. The molecule has 0 unspecified atom stereocenters. The molecule has 27 heavy (non-hydrogen) atoms. The second-order valence-corrected chi connectivity index (χ2v) is 6.67. The number of methoxy groups -OCH3 is 1. The van der Waals surface area contributed by atoms with Crippen molar-refractivity contribution < 1.29 is 19.2 Å². The van der Waals surface area contributed by atoms with Crippen LogP contribution in [0.5, 0.6) is 0 Å². The highest BCUT2D eigenvalue weighted by Gasteiger charge is 2.17. The van der Waals surface area contributed by atoms with Crippen molar-refractivity contribution in [2.45, 2.75) is 6.92 Å². The lowest BCUT2D eigenvalue weighted by Gasteiger charge is -1.98. The standard InChI is InChI=1S/C19H14N2O5S/c1-11-15-9-13(10-20-18(15)27-17(11)19(23)26-2)16(22)8-5-12-3-6-14(7-4-12)21(24)25/h3-10H,1-2H3/b8-5+. The number of pyridine rings is 1. The number of aromatic nitrogens is 1. The summed E-state index contributed by atoms with van der Waals surface area (Å²) in [5.41, 5.74) is 1.77. The lowest BCUT2D eigenvalue weighted by molar-refractivity contribution is -0.384. The van der Waals surface area contributed by atoms with Crippen molar-refractivity contribution in [1.29, 1.82) is 0 Å². The van der Waals surface area contributed by atoms with Crippen LogP contribution in [0.15, 0.2) is 42.6 Å². The van der Waals surface area contributed by atoms with Gasteiger partial charge < -0.3 is 4.74 Å². The number of fused-ring (bicyclic) bond motifs is 1. The van der Waals surface area contributed by atoms with Gasteiger partial charge in [0, 0.05) is 29.3 Å². The fraction of sp³-hybridized carbons (Fsp3) is 0.105. The average Bonchev–Trinajstić information content (AvgIpc) is 3.02. The van der Waals surface area contributed by atoms with Crippen LogP contribution in [0, 0.1) is 17.0 Å². The number of rotatable bonds is 5. The van der Waals surface area contributed by atoms with Crippen molar-refractivity contribution in [3.05, 3.63) is 74.3 Å². The lowest BCUT2D eigenvalue weighted by atomic mass is 10.1.